The van der Waals surface area contributed by atoms with Gasteiger partial charge in [-0.2, -0.15) is 0 Å². The van der Waals surface area contributed by atoms with Gasteiger partial charge in [-0.3, -0.25) is 24.1 Å². The topological polar surface area (TPSA) is 90.0 Å². The third kappa shape index (κ3) is 4.07. The van der Waals surface area contributed by atoms with Crippen molar-refractivity contribution in [2.75, 3.05) is 19.8 Å². The molecule has 142 valence electrons. The van der Waals surface area contributed by atoms with Gasteiger partial charge >= 0.3 is 5.97 Å². The SMILES string of the molecule is CCOc1ccc(C(=O)COC(=O)CN2C(=O)[C@H]3CC=CC[C@@H]3C2=O)cc1. The van der Waals surface area contributed by atoms with Gasteiger partial charge in [-0.05, 0) is 44.0 Å². The lowest BCUT2D eigenvalue weighted by Crippen LogP contribution is -2.37. The van der Waals surface area contributed by atoms with Crippen molar-refractivity contribution in [2.45, 2.75) is 19.8 Å². The van der Waals surface area contributed by atoms with E-state index in [4.69, 9.17) is 9.47 Å². The number of hydrogen-bond donors (Lipinski definition) is 0. The predicted molar refractivity (Wildman–Crippen MR) is 95.0 cm³/mol. The summed E-state index contributed by atoms with van der Waals surface area (Å²) < 4.78 is 10.3. The van der Waals surface area contributed by atoms with Crippen LogP contribution in [0.4, 0.5) is 0 Å². The van der Waals surface area contributed by atoms with Crippen LogP contribution in [0.15, 0.2) is 36.4 Å². The molecule has 1 saturated heterocycles. The summed E-state index contributed by atoms with van der Waals surface area (Å²) in [5.41, 5.74) is 0.386. The molecule has 27 heavy (non-hydrogen) atoms. The molecule has 0 bridgehead atoms. The molecule has 0 aromatic heterocycles. The van der Waals surface area contributed by atoms with Crippen molar-refractivity contribution >= 4 is 23.6 Å². The Kier molecular flexibility index (Phi) is 5.69. The Morgan fingerprint density at radius 3 is 2.19 bits per heavy atom. The van der Waals surface area contributed by atoms with Crippen LogP contribution in [0, 0.1) is 11.8 Å². The number of hydrogen-bond acceptors (Lipinski definition) is 6. The molecule has 1 aromatic carbocycles. The zero-order valence-corrected chi connectivity index (χ0v) is 15.1. The molecule has 2 amide bonds. The Bertz CT molecular complexity index is 756. The molecule has 0 unspecified atom stereocenters. The molecular weight excluding hydrogens is 350 g/mol. The summed E-state index contributed by atoms with van der Waals surface area (Å²) in [5, 5.41) is 0. The Labute approximate surface area is 156 Å². The number of benzene rings is 1. The molecule has 1 aliphatic carbocycles. The smallest absolute Gasteiger partial charge is 0.326 e. The number of ether oxygens (including phenoxy) is 2. The normalized spacial score (nSPS) is 21.1. The summed E-state index contributed by atoms with van der Waals surface area (Å²) in [5.74, 6) is -1.96. The van der Waals surface area contributed by atoms with Crippen LogP contribution < -0.4 is 4.74 Å². The van der Waals surface area contributed by atoms with Crippen LogP contribution in [0.1, 0.15) is 30.1 Å². The van der Waals surface area contributed by atoms with Gasteiger partial charge in [0.2, 0.25) is 11.8 Å². The highest BCUT2D eigenvalue weighted by Crippen LogP contribution is 2.34. The molecular formula is C20H21NO6. The van der Waals surface area contributed by atoms with E-state index in [0.717, 1.165) is 4.90 Å². The number of esters is 1. The van der Waals surface area contributed by atoms with Crippen molar-refractivity contribution in [1.82, 2.24) is 4.90 Å². The van der Waals surface area contributed by atoms with Crippen molar-refractivity contribution in [3.63, 3.8) is 0 Å². The molecule has 0 saturated carbocycles. The fourth-order valence-corrected chi connectivity index (χ4v) is 3.33. The van der Waals surface area contributed by atoms with Gasteiger partial charge in [-0.15, -0.1) is 0 Å². The molecule has 7 nitrogen and oxygen atoms in total. The highest BCUT2D eigenvalue weighted by atomic mass is 16.5. The second kappa shape index (κ2) is 8.16. The highest BCUT2D eigenvalue weighted by Gasteiger charge is 2.47. The van der Waals surface area contributed by atoms with Crippen molar-refractivity contribution < 1.29 is 28.7 Å². The molecule has 0 spiro atoms. The Morgan fingerprint density at radius 1 is 1.04 bits per heavy atom. The average Bonchev–Trinajstić information content (AvgIpc) is 2.92. The number of fused-ring (bicyclic) bond motifs is 1. The minimum absolute atomic E-state index is 0.343. The summed E-state index contributed by atoms with van der Waals surface area (Å²) in [4.78, 5) is 49.7. The zero-order chi connectivity index (χ0) is 19.4. The van der Waals surface area contributed by atoms with E-state index in [-0.39, 0.29) is 29.4 Å². The van der Waals surface area contributed by atoms with Gasteiger partial charge in [-0.25, -0.2) is 0 Å². The van der Waals surface area contributed by atoms with E-state index in [0.29, 0.717) is 30.8 Å². The van der Waals surface area contributed by atoms with E-state index < -0.39 is 19.1 Å². The summed E-state index contributed by atoms with van der Waals surface area (Å²) >= 11 is 0. The number of carbonyl (C=O) groups is 4. The highest BCUT2D eigenvalue weighted by molar-refractivity contribution is 6.07. The van der Waals surface area contributed by atoms with Crippen molar-refractivity contribution in [3.05, 3.63) is 42.0 Å². The minimum Gasteiger partial charge on any atom is -0.494 e. The van der Waals surface area contributed by atoms with E-state index in [1.54, 1.807) is 24.3 Å². The Morgan fingerprint density at radius 2 is 1.63 bits per heavy atom. The molecule has 1 aromatic rings. The number of nitrogens with zero attached hydrogens (tertiary/aromatic N) is 1. The molecule has 2 atom stereocenters. The molecule has 2 aliphatic rings. The average molecular weight is 371 g/mol. The third-order valence-corrected chi connectivity index (χ3v) is 4.74. The van der Waals surface area contributed by atoms with Gasteiger partial charge in [0, 0.05) is 5.56 Å². The second-order valence-corrected chi connectivity index (χ2v) is 6.46. The van der Waals surface area contributed by atoms with Crippen LogP contribution in [-0.2, 0) is 19.1 Å². The maximum atomic E-state index is 12.3. The fraction of sp³-hybridized carbons (Fsp3) is 0.400. The molecule has 1 fully saturated rings. The summed E-state index contributed by atoms with van der Waals surface area (Å²) in [7, 11) is 0. The third-order valence-electron chi connectivity index (χ3n) is 4.74. The molecule has 1 aliphatic heterocycles. The number of carbonyl (C=O) groups excluding carboxylic acids is 4. The molecule has 0 N–H and O–H groups in total. The summed E-state index contributed by atoms with van der Waals surface area (Å²) in [6.45, 7) is 1.48. The maximum absolute atomic E-state index is 12.3. The zero-order valence-electron chi connectivity index (χ0n) is 15.1. The van der Waals surface area contributed by atoms with Gasteiger partial charge < -0.3 is 9.47 Å². The Balaban J connectivity index is 1.51. The lowest BCUT2D eigenvalue weighted by atomic mass is 9.85. The Hall–Kier alpha value is -2.96. The molecule has 3 rings (SSSR count). The fourth-order valence-electron chi connectivity index (χ4n) is 3.33. The van der Waals surface area contributed by atoms with E-state index in [1.807, 2.05) is 19.1 Å². The summed E-state index contributed by atoms with van der Waals surface area (Å²) in [6, 6.07) is 6.50. The number of rotatable bonds is 7. The van der Waals surface area contributed by atoms with Gasteiger partial charge in [0.15, 0.2) is 12.4 Å². The molecule has 7 heteroatoms. The van der Waals surface area contributed by atoms with Crippen LogP contribution >= 0.6 is 0 Å². The second-order valence-electron chi connectivity index (χ2n) is 6.46. The standard InChI is InChI=1S/C20H21NO6/c1-2-26-14-9-7-13(8-10-14)17(22)12-27-18(23)11-21-19(24)15-5-3-4-6-16(15)20(21)25/h3-4,7-10,15-16H,2,5-6,11-12H2,1H3/t15-,16-/m0/s1. The first-order valence-electron chi connectivity index (χ1n) is 8.93. The van der Waals surface area contributed by atoms with Crippen molar-refractivity contribution in [1.29, 1.82) is 0 Å². The number of ketones is 1. The first kappa shape index (κ1) is 18.8. The van der Waals surface area contributed by atoms with Crippen LogP contribution in [0.25, 0.3) is 0 Å². The summed E-state index contributed by atoms with van der Waals surface area (Å²) in [6.07, 6.45) is 4.78. The quantitative estimate of drug-likeness (QED) is 0.314. The van der Waals surface area contributed by atoms with Crippen molar-refractivity contribution in [3.8, 4) is 5.75 Å². The predicted octanol–water partition coefficient (Wildman–Crippen LogP) is 1.76. The van der Waals surface area contributed by atoms with E-state index in [9.17, 15) is 19.2 Å². The van der Waals surface area contributed by atoms with Gasteiger partial charge in [-0.1, -0.05) is 12.2 Å². The first-order chi connectivity index (χ1) is 13.0. The van der Waals surface area contributed by atoms with Gasteiger partial charge in [0.05, 0.1) is 18.4 Å². The van der Waals surface area contributed by atoms with Gasteiger partial charge in [0.1, 0.15) is 12.3 Å². The number of allylic oxidation sites excluding steroid dienone is 2. The lowest BCUT2D eigenvalue weighted by Gasteiger charge is -2.14. The molecule has 1 heterocycles. The van der Waals surface area contributed by atoms with Crippen LogP contribution in [-0.4, -0.2) is 48.2 Å². The van der Waals surface area contributed by atoms with E-state index >= 15 is 0 Å². The van der Waals surface area contributed by atoms with E-state index in [1.165, 1.54) is 0 Å². The van der Waals surface area contributed by atoms with Crippen LogP contribution in [0.3, 0.4) is 0 Å². The minimum atomic E-state index is -0.775. The molecule has 0 radical (unpaired) electrons. The number of likely N-dealkylation sites (tertiary alicyclic amines) is 1. The monoisotopic (exact) mass is 371 g/mol. The number of Topliss-reactive ketones (excluding diaryl/α,β-unsaturated/α-hetero) is 1. The number of amides is 2. The van der Waals surface area contributed by atoms with Crippen LogP contribution in [0.2, 0.25) is 0 Å². The van der Waals surface area contributed by atoms with E-state index in [2.05, 4.69) is 0 Å². The van der Waals surface area contributed by atoms with Gasteiger partial charge in [0.25, 0.3) is 0 Å². The maximum Gasteiger partial charge on any atom is 0.326 e. The van der Waals surface area contributed by atoms with Crippen LogP contribution in [0.5, 0.6) is 5.75 Å². The first-order valence-corrected chi connectivity index (χ1v) is 8.93. The largest absolute Gasteiger partial charge is 0.494 e. The lowest BCUT2D eigenvalue weighted by molar-refractivity contribution is -0.152. The number of imide groups is 1. The van der Waals surface area contributed by atoms with Crippen molar-refractivity contribution in [2.24, 2.45) is 11.8 Å².